The van der Waals surface area contributed by atoms with Crippen molar-refractivity contribution in [3.8, 4) is 0 Å². The molecule has 1 aliphatic heterocycles. The Balaban J connectivity index is 2.67. The summed E-state index contributed by atoms with van der Waals surface area (Å²) in [6.07, 6.45) is 3.55. The van der Waals surface area contributed by atoms with Gasteiger partial charge in [0.2, 0.25) is 0 Å². The van der Waals surface area contributed by atoms with Crippen LogP contribution in [-0.4, -0.2) is 25.8 Å². The monoisotopic (exact) mass is 336 g/mol. The van der Waals surface area contributed by atoms with Gasteiger partial charge in [0.05, 0.1) is 0 Å². The third kappa shape index (κ3) is 1.82. The zero-order valence-corrected chi connectivity index (χ0v) is 9.01. The van der Waals surface area contributed by atoms with Crippen molar-refractivity contribution in [3.05, 3.63) is 0 Å². The Morgan fingerprint density at radius 1 is 1.62 bits per heavy atom. The fourth-order valence-electron chi connectivity index (χ4n) is 0.777. The van der Waals surface area contributed by atoms with Crippen LogP contribution < -0.4 is 0 Å². The molecule has 0 spiro atoms. The smallest absolute Gasteiger partial charge is 0.165 e. The Morgan fingerprint density at radius 3 is 2.38 bits per heavy atom. The van der Waals surface area contributed by atoms with Gasteiger partial charge < -0.3 is 0 Å². The second kappa shape index (κ2) is 2.40. The van der Waals surface area contributed by atoms with Crippen molar-refractivity contribution in [2.24, 2.45) is 0 Å². The van der Waals surface area contributed by atoms with Gasteiger partial charge in [-0.3, -0.25) is 0 Å². The van der Waals surface area contributed by atoms with Crippen LogP contribution in [-0.2, 0) is 0 Å². The van der Waals surface area contributed by atoms with Gasteiger partial charge in [-0.1, -0.05) is 45.2 Å². The van der Waals surface area contributed by atoms with Crippen LogP contribution in [0.1, 0.15) is 6.42 Å². The van der Waals surface area contributed by atoms with E-state index in [9.17, 15) is 0 Å². The molecule has 0 radical (unpaired) electrons. The van der Waals surface area contributed by atoms with Crippen molar-refractivity contribution in [3.63, 3.8) is 0 Å². The molecule has 1 rings (SSSR count). The van der Waals surface area contributed by atoms with Gasteiger partial charge in [0.25, 0.3) is 0 Å². The number of rotatable bonds is 0. The fraction of sp³-hybridized carbons (Fsp3) is 0.800. The largest absolute Gasteiger partial charge is 0.240 e. The average molecular weight is 336 g/mol. The second-order valence-corrected chi connectivity index (χ2v) is 8.03. The average Bonchev–Trinajstić information content (AvgIpc) is 1.82. The van der Waals surface area contributed by atoms with Crippen LogP contribution in [0, 0.1) is 0 Å². The third-order valence-electron chi connectivity index (χ3n) is 1.21. The maximum absolute atomic E-state index is 2.47. The SMILES string of the molecule is C[N+]1=CC(I)(I)CC1. The van der Waals surface area contributed by atoms with Gasteiger partial charge in [-0.05, 0) is 0 Å². The van der Waals surface area contributed by atoms with Gasteiger partial charge in [-0.2, -0.15) is 0 Å². The molecular weight excluding hydrogens is 328 g/mol. The first-order valence-corrected chi connectivity index (χ1v) is 4.70. The molecular formula is C5H8I2N+. The Bertz CT molecular complexity index is 128. The number of nitrogens with zero attached hydrogens (tertiary/aromatic N) is 1. The molecule has 0 fully saturated rings. The summed E-state index contributed by atoms with van der Waals surface area (Å²) in [5, 5.41) is 0. The minimum atomic E-state index is 0.407. The summed E-state index contributed by atoms with van der Waals surface area (Å²) in [6.45, 7) is 1.21. The molecule has 1 aliphatic rings. The van der Waals surface area contributed by atoms with E-state index in [4.69, 9.17) is 0 Å². The van der Waals surface area contributed by atoms with Crippen molar-refractivity contribution >= 4 is 51.4 Å². The molecule has 0 atom stereocenters. The highest BCUT2D eigenvalue weighted by Crippen LogP contribution is 2.31. The van der Waals surface area contributed by atoms with Crippen LogP contribution in [0.3, 0.4) is 0 Å². The summed E-state index contributed by atoms with van der Waals surface area (Å²) < 4.78 is 2.66. The molecule has 0 aromatic carbocycles. The molecule has 0 saturated heterocycles. The second-order valence-electron chi connectivity index (χ2n) is 2.12. The molecule has 0 aromatic heterocycles. The topological polar surface area (TPSA) is 3.01 Å². The molecule has 46 valence electrons. The van der Waals surface area contributed by atoms with E-state index >= 15 is 0 Å². The maximum atomic E-state index is 2.47. The lowest BCUT2D eigenvalue weighted by Crippen LogP contribution is -2.07. The quantitative estimate of drug-likeness (QED) is 0.360. The maximum Gasteiger partial charge on any atom is 0.165 e. The Kier molecular flexibility index (Phi) is 2.17. The molecule has 0 unspecified atom stereocenters. The first-order chi connectivity index (χ1) is 3.60. The molecule has 0 aliphatic carbocycles. The lowest BCUT2D eigenvalue weighted by Gasteiger charge is -1.99. The summed E-state index contributed by atoms with van der Waals surface area (Å²) in [7, 11) is 2.12. The fourth-order valence-corrected chi connectivity index (χ4v) is 2.21. The summed E-state index contributed by atoms with van der Waals surface area (Å²) in [5.41, 5.74) is 0. The van der Waals surface area contributed by atoms with Gasteiger partial charge in [0.1, 0.15) is 13.6 Å². The van der Waals surface area contributed by atoms with Crippen molar-refractivity contribution in [1.29, 1.82) is 0 Å². The summed E-state index contributed by atoms with van der Waals surface area (Å²) in [5.74, 6) is 0. The highest BCUT2D eigenvalue weighted by atomic mass is 127. The Labute approximate surface area is 76.8 Å². The minimum absolute atomic E-state index is 0.407. The molecule has 0 N–H and O–H groups in total. The van der Waals surface area contributed by atoms with Gasteiger partial charge in [0, 0.05) is 6.42 Å². The molecule has 1 heterocycles. The lowest BCUT2D eigenvalue weighted by molar-refractivity contribution is -0.484. The molecule has 8 heavy (non-hydrogen) atoms. The molecule has 0 amide bonds. The van der Waals surface area contributed by atoms with E-state index in [1.54, 1.807) is 0 Å². The summed E-state index contributed by atoms with van der Waals surface area (Å²) >= 11 is 4.94. The highest BCUT2D eigenvalue weighted by molar-refractivity contribution is 14.2. The van der Waals surface area contributed by atoms with Gasteiger partial charge in [0.15, 0.2) is 7.64 Å². The van der Waals surface area contributed by atoms with E-state index in [0.717, 1.165) is 0 Å². The van der Waals surface area contributed by atoms with Gasteiger partial charge >= 0.3 is 0 Å². The molecule has 0 aromatic rings. The Hall–Kier alpha value is 1.13. The van der Waals surface area contributed by atoms with Gasteiger partial charge in [-0.15, -0.1) is 0 Å². The first kappa shape index (κ1) is 7.24. The van der Waals surface area contributed by atoms with E-state index in [0.29, 0.717) is 1.43 Å². The van der Waals surface area contributed by atoms with Crippen LogP contribution in [0.15, 0.2) is 0 Å². The van der Waals surface area contributed by atoms with E-state index in [2.05, 4.69) is 63.0 Å². The number of halogens is 2. The minimum Gasteiger partial charge on any atom is -0.240 e. The van der Waals surface area contributed by atoms with E-state index in [-0.39, 0.29) is 0 Å². The van der Waals surface area contributed by atoms with Gasteiger partial charge in [-0.25, -0.2) is 4.58 Å². The standard InChI is InChI=1S/C5H8I2N/c1-8-3-2-5(6,7)4-8/h4H,2-3H2,1H3/q+1. The van der Waals surface area contributed by atoms with E-state index in [1.165, 1.54) is 13.0 Å². The molecule has 0 saturated carbocycles. The normalized spacial score (nSPS) is 25.6. The first-order valence-electron chi connectivity index (χ1n) is 2.54. The molecule has 3 heteroatoms. The molecule has 1 nitrogen and oxygen atoms in total. The highest BCUT2D eigenvalue weighted by Gasteiger charge is 2.31. The van der Waals surface area contributed by atoms with E-state index < -0.39 is 0 Å². The van der Waals surface area contributed by atoms with Crippen LogP contribution in [0.25, 0.3) is 0 Å². The van der Waals surface area contributed by atoms with Crippen molar-refractivity contribution < 1.29 is 4.58 Å². The van der Waals surface area contributed by atoms with Crippen LogP contribution in [0.2, 0.25) is 0 Å². The predicted octanol–water partition coefficient (Wildman–Crippen LogP) is 1.67. The zero-order chi connectivity index (χ0) is 6.20. The number of alkyl halides is 2. The van der Waals surface area contributed by atoms with Crippen molar-refractivity contribution in [1.82, 2.24) is 0 Å². The number of hydrogen-bond donors (Lipinski definition) is 0. The lowest BCUT2D eigenvalue weighted by atomic mass is 10.4. The van der Waals surface area contributed by atoms with Crippen molar-refractivity contribution in [2.45, 2.75) is 7.85 Å². The predicted molar refractivity (Wildman–Crippen MR) is 52.5 cm³/mol. The van der Waals surface area contributed by atoms with Crippen LogP contribution >= 0.6 is 45.2 Å². The molecule has 0 bridgehead atoms. The summed E-state index contributed by atoms with van der Waals surface area (Å²) in [4.78, 5) is 0. The Morgan fingerprint density at radius 2 is 2.25 bits per heavy atom. The van der Waals surface area contributed by atoms with Crippen LogP contribution in [0.5, 0.6) is 0 Å². The van der Waals surface area contributed by atoms with Crippen LogP contribution in [0.4, 0.5) is 0 Å². The third-order valence-corrected chi connectivity index (χ3v) is 2.84. The van der Waals surface area contributed by atoms with Crippen molar-refractivity contribution in [2.75, 3.05) is 13.6 Å². The van der Waals surface area contributed by atoms with E-state index in [1.807, 2.05) is 0 Å². The summed E-state index contributed by atoms with van der Waals surface area (Å²) in [6, 6.07) is 0. The number of hydrogen-bond acceptors (Lipinski definition) is 0. The zero-order valence-electron chi connectivity index (χ0n) is 4.69.